The molecule has 1 radical (unpaired) electrons. The summed E-state index contributed by atoms with van der Waals surface area (Å²) in [5.41, 5.74) is 0.146. The van der Waals surface area contributed by atoms with Gasteiger partial charge in [-0.3, -0.25) is 4.79 Å². The summed E-state index contributed by atoms with van der Waals surface area (Å²) in [5.74, 6) is -0.978. The van der Waals surface area contributed by atoms with E-state index in [1.165, 1.54) is 18.2 Å². The molecule has 0 heterocycles. The van der Waals surface area contributed by atoms with E-state index in [1.807, 2.05) is 0 Å². The minimum Gasteiger partial charge on any atom is -0.291 e. The van der Waals surface area contributed by atoms with Crippen molar-refractivity contribution in [1.29, 1.82) is 0 Å². The summed E-state index contributed by atoms with van der Waals surface area (Å²) in [6, 6.07) is 3.88. The Labute approximate surface area is 88.1 Å². The molecule has 0 bridgehead atoms. The number of halogens is 2. The van der Waals surface area contributed by atoms with Gasteiger partial charge in [-0.15, -0.1) is 0 Å². The van der Waals surface area contributed by atoms with Crippen LogP contribution >= 0.6 is 0 Å². The van der Waals surface area contributed by atoms with Gasteiger partial charge < -0.3 is 0 Å². The number of carbonyl (C=O) groups excluding carboxylic acids is 1. The molecule has 0 aliphatic rings. The molecule has 15 heavy (non-hydrogen) atoms. The van der Waals surface area contributed by atoms with Crippen LogP contribution in [0, 0.1) is 11.6 Å². The Morgan fingerprint density at radius 1 is 1.07 bits per heavy atom. The highest BCUT2D eigenvalue weighted by atomic mass is 19.1. The SMILES string of the molecule is O=[C]CCCCCc1c(F)cccc1F. The highest BCUT2D eigenvalue weighted by Crippen LogP contribution is 2.15. The summed E-state index contributed by atoms with van der Waals surface area (Å²) in [6.07, 6.45) is 4.80. The Hall–Kier alpha value is -1.25. The molecule has 3 heteroatoms. The summed E-state index contributed by atoms with van der Waals surface area (Å²) in [7, 11) is 0. The highest BCUT2D eigenvalue weighted by molar-refractivity contribution is 5.50. The number of unbranched alkanes of at least 4 members (excludes halogenated alkanes) is 3. The fourth-order valence-corrected chi connectivity index (χ4v) is 1.45. The molecule has 0 fully saturated rings. The fraction of sp³-hybridized carbons (Fsp3) is 0.417. The first kappa shape index (κ1) is 11.8. The molecule has 0 aliphatic heterocycles. The maximum Gasteiger partial charge on any atom is 0.198 e. The third kappa shape index (κ3) is 3.78. The number of rotatable bonds is 6. The van der Waals surface area contributed by atoms with Crippen LogP contribution in [0.4, 0.5) is 8.78 Å². The quantitative estimate of drug-likeness (QED) is 0.660. The van der Waals surface area contributed by atoms with Gasteiger partial charge in [-0.2, -0.15) is 0 Å². The molecule has 0 unspecified atom stereocenters. The van der Waals surface area contributed by atoms with Crippen LogP contribution in [0.5, 0.6) is 0 Å². The zero-order chi connectivity index (χ0) is 11.1. The minimum atomic E-state index is -0.489. The Bertz CT molecular complexity index is 303. The summed E-state index contributed by atoms with van der Waals surface area (Å²) in [5, 5.41) is 0. The van der Waals surface area contributed by atoms with Gasteiger partial charge in [-0.05, 0) is 31.4 Å². The van der Waals surface area contributed by atoms with Crippen molar-refractivity contribution < 1.29 is 13.6 Å². The van der Waals surface area contributed by atoms with Crippen LogP contribution in [0.2, 0.25) is 0 Å². The van der Waals surface area contributed by atoms with Crippen molar-refractivity contribution in [3.63, 3.8) is 0 Å². The highest BCUT2D eigenvalue weighted by Gasteiger charge is 2.06. The molecular formula is C12H13F2O. The van der Waals surface area contributed by atoms with Crippen LogP contribution < -0.4 is 0 Å². The molecular weight excluding hydrogens is 198 g/mol. The molecule has 1 aromatic carbocycles. The van der Waals surface area contributed by atoms with E-state index in [0.717, 1.165) is 12.8 Å². The monoisotopic (exact) mass is 211 g/mol. The van der Waals surface area contributed by atoms with E-state index < -0.39 is 11.6 Å². The maximum absolute atomic E-state index is 13.1. The van der Waals surface area contributed by atoms with Gasteiger partial charge in [0, 0.05) is 12.0 Å². The van der Waals surface area contributed by atoms with Crippen molar-refractivity contribution in [2.45, 2.75) is 32.1 Å². The third-order valence-corrected chi connectivity index (χ3v) is 2.27. The fourth-order valence-electron chi connectivity index (χ4n) is 1.45. The Morgan fingerprint density at radius 2 is 1.73 bits per heavy atom. The van der Waals surface area contributed by atoms with Crippen LogP contribution in [0.25, 0.3) is 0 Å². The number of hydrogen-bond acceptors (Lipinski definition) is 1. The van der Waals surface area contributed by atoms with E-state index in [1.54, 1.807) is 6.29 Å². The van der Waals surface area contributed by atoms with Crippen LogP contribution in [0.3, 0.4) is 0 Å². The third-order valence-electron chi connectivity index (χ3n) is 2.27. The van der Waals surface area contributed by atoms with Crippen LogP contribution in [0.1, 0.15) is 31.2 Å². The van der Waals surface area contributed by atoms with Crippen molar-refractivity contribution >= 4 is 6.29 Å². The van der Waals surface area contributed by atoms with E-state index >= 15 is 0 Å². The molecule has 1 aromatic rings. The maximum atomic E-state index is 13.1. The number of benzene rings is 1. The lowest BCUT2D eigenvalue weighted by molar-refractivity contribution is 0.535. The molecule has 0 amide bonds. The summed E-state index contributed by atoms with van der Waals surface area (Å²) < 4.78 is 26.2. The first-order chi connectivity index (χ1) is 7.25. The van der Waals surface area contributed by atoms with Gasteiger partial charge in [0.25, 0.3) is 0 Å². The summed E-state index contributed by atoms with van der Waals surface area (Å²) in [6.45, 7) is 0. The molecule has 0 atom stereocenters. The summed E-state index contributed by atoms with van der Waals surface area (Å²) in [4.78, 5) is 9.90. The van der Waals surface area contributed by atoms with Crippen molar-refractivity contribution in [3.05, 3.63) is 35.4 Å². The average molecular weight is 211 g/mol. The molecule has 0 spiro atoms. The molecule has 0 saturated heterocycles. The molecule has 0 saturated carbocycles. The van der Waals surface area contributed by atoms with Gasteiger partial charge in [0.2, 0.25) is 0 Å². The lowest BCUT2D eigenvalue weighted by Gasteiger charge is -2.03. The van der Waals surface area contributed by atoms with Crippen LogP contribution in [0.15, 0.2) is 18.2 Å². The van der Waals surface area contributed by atoms with E-state index in [-0.39, 0.29) is 5.56 Å². The predicted molar refractivity (Wildman–Crippen MR) is 54.2 cm³/mol. The van der Waals surface area contributed by atoms with E-state index in [0.29, 0.717) is 19.3 Å². The second-order valence-corrected chi connectivity index (χ2v) is 3.41. The van der Waals surface area contributed by atoms with Gasteiger partial charge in [0.1, 0.15) is 11.6 Å². The van der Waals surface area contributed by atoms with Gasteiger partial charge >= 0.3 is 0 Å². The van der Waals surface area contributed by atoms with Crippen molar-refractivity contribution in [1.82, 2.24) is 0 Å². The first-order valence-electron chi connectivity index (χ1n) is 5.03. The predicted octanol–water partition coefficient (Wildman–Crippen LogP) is 3.18. The van der Waals surface area contributed by atoms with Gasteiger partial charge in [-0.25, -0.2) is 8.78 Å². The van der Waals surface area contributed by atoms with Gasteiger partial charge in [0.05, 0.1) is 0 Å². The number of hydrogen-bond donors (Lipinski definition) is 0. The second kappa shape index (κ2) is 6.27. The normalized spacial score (nSPS) is 10.3. The van der Waals surface area contributed by atoms with Gasteiger partial charge in [0.15, 0.2) is 6.29 Å². The van der Waals surface area contributed by atoms with Crippen LogP contribution in [-0.4, -0.2) is 6.29 Å². The molecule has 1 nitrogen and oxygen atoms in total. The smallest absolute Gasteiger partial charge is 0.198 e. The lowest BCUT2D eigenvalue weighted by Crippen LogP contribution is -1.95. The molecule has 0 aliphatic carbocycles. The molecule has 0 aromatic heterocycles. The molecule has 81 valence electrons. The second-order valence-electron chi connectivity index (χ2n) is 3.41. The Balaban J connectivity index is 2.40. The lowest BCUT2D eigenvalue weighted by atomic mass is 10.1. The summed E-state index contributed by atoms with van der Waals surface area (Å²) >= 11 is 0. The Morgan fingerprint density at radius 3 is 2.33 bits per heavy atom. The van der Waals surface area contributed by atoms with E-state index in [2.05, 4.69) is 0 Å². The minimum absolute atomic E-state index is 0.146. The standard InChI is InChI=1S/C12H13F2O/c13-11-7-5-8-12(14)10(11)6-3-1-2-4-9-15/h5,7-8H,1-4,6H2. The van der Waals surface area contributed by atoms with Gasteiger partial charge in [-0.1, -0.05) is 12.5 Å². The van der Waals surface area contributed by atoms with Crippen LogP contribution in [-0.2, 0) is 11.2 Å². The largest absolute Gasteiger partial charge is 0.291 e. The van der Waals surface area contributed by atoms with Crippen molar-refractivity contribution in [3.8, 4) is 0 Å². The van der Waals surface area contributed by atoms with E-state index in [4.69, 9.17) is 0 Å². The van der Waals surface area contributed by atoms with E-state index in [9.17, 15) is 13.6 Å². The zero-order valence-corrected chi connectivity index (χ0v) is 8.43. The molecule has 0 N–H and O–H groups in total. The first-order valence-corrected chi connectivity index (χ1v) is 5.03. The Kier molecular flexibility index (Phi) is 4.95. The average Bonchev–Trinajstić information content (AvgIpc) is 2.21. The molecule has 1 rings (SSSR count). The van der Waals surface area contributed by atoms with Crippen molar-refractivity contribution in [2.75, 3.05) is 0 Å². The topological polar surface area (TPSA) is 17.1 Å². The zero-order valence-electron chi connectivity index (χ0n) is 8.43. The van der Waals surface area contributed by atoms with Crippen molar-refractivity contribution in [2.24, 2.45) is 0 Å².